The van der Waals surface area contributed by atoms with E-state index in [1.807, 2.05) is 73.3 Å². The summed E-state index contributed by atoms with van der Waals surface area (Å²) in [5.41, 5.74) is 6.00. The van der Waals surface area contributed by atoms with Gasteiger partial charge in [0.2, 0.25) is 0 Å². The van der Waals surface area contributed by atoms with E-state index in [0.29, 0.717) is 41.4 Å². The second kappa shape index (κ2) is 10.1. The van der Waals surface area contributed by atoms with Gasteiger partial charge >= 0.3 is 0 Å². The van der Waals surface area contributed by atoms with Crippen LogP contribution < -0.4 is 14.2 Å². The predicted octanol–water partition coefficient (Wildman–Crippen LogP) is 5.21. The molecule has 3 aromatic carbocycles. The fourth-order valence-electron chi connectivity index (χ4n) is 5.18. The number of aromatic nitrogens is 2. The molecule has 0 spiro atoms. The van der Waals surface area contributed by atoms with Crippen LogP contribution in [0.1, 0.15) is 44.3 Å². The Kier molecular flexibility index (Phi) is 6.72. The van der Waals surface area contributed by atoms with Crippen molar-refractivity contribution >= 4 is 5.91 Å². The number of carbonyl (C=O) groups is 1. The lowest BCUT2D eigenvalue weighted by atomic mass is 9.93. The molecule has 1 aliphatic rings. The second-order valence-corrected chi connectivity index (χ2v) is 9.45. The summed E-state index contributed by atoms with van der Waals surface area (Å²) in [7, 11) is 4.82. The number of nitrogens with one attached hydrogen (secondary N) is 1. The summed E-state index contributed by atoms with van der Waals surface area (Å²) in [6.45, 7) is 4.31. The first kappa shape index (κ1) is 25.2. The van der Waals surface area contributed by atoms with Gasteiger partial charge in [0.05, 0.1) is 27.4 Å². The van der Waals surface area contributed by atoms with Crippen molar-refractivity contribution in [2.45, 2.75) is 26.3 Å². The highest BCUT2D eigenvalue weighted by molar-refractivity contribution is 6.00. The van der Waals surface area contributed by atoms with E-state index in [2.05, 4.69) is 10.2 Å². The van der Waals surface area contributed by atoms with Crippen LogP contribution in [0.4, 0.5) is 0 Å². The van der Waals surface area contributed by atoms with Crippen LogP contribution in [0.2, 0.25) is 0 Å². The highest BCUT2D eigenvalue weighted by Crippen LogP contribution is 2.46. The van der Waals surface area contributed by atoms with E-state index < -0.39 is 6.04 Å². The van der Waals surface area contributed by atoms with Crippen LogP contribution in [0, 0.1) is 13.8 Å². The number of rotatable bonds is 8. The number of benzene rings is 3. The lowest BCUT2D eigenvalue weighted by Gasteiger charge is -2.27. The second-order valence-electron chi connectivity index (χ2n) is 9.45. The summed E-state index contributed by atoms with van der Waals surface area (Å²) in [6, 6.07) is 16.9. The first-order valence-electron chi connectivity index (χ1n) is 12.4. The van der Waals surface area contributed by atoms with Crippen LogP contribution in [-0.2, 0) is 6.42 Å². The zero-order valence-corrected chi connectivity index (χ0v) is 22.2. The fourth-order valence-corrected chi connectivity index (χ4v) is 5.18. The number of nitrogens with zero attached hydrogens (tertiary/aromatic N) is 2. The molecular weight excluding hydrogens is 482 g/mol. The van der Waals surface area contributed by atoms with Crippen molar-refractivity contribution in [3.05, 3.63) is 88.1 Å². The summed E-state index contributed by atoms with van der Waals surface area (Å²) in [6.07, 6.45) is 0.654. The van der Waals surface area contributed by atoms with E-state index in [4.69, 9.17) is 14.2 Å². The standard InChI is InChI=1S/C30H31N3O5/c1-17-14-18(2)29(34)22(15-17)26-25-27(32-31-26)30(35)33(13-12-19-6-9-21(36-3)10-7-19)28(25)20-8-11-23(37-4)24(16-20)38-5/h6-11,14-16,28,34H,12-13H2,1-5H3,(H,31,32). The molecule has 5 rings (SSSR count). The van der Waals surface area contributed by atoms with Crippen molar-refractivity contribution in [3.63, 3.8) is 0 Å². The van der Waals surface area contributed by atoms with Crippen LogP contribution in [-0.4, -0.2) is 54.0 Å². The fraction of sp³-hybridized carbons (Fsp3) is 0.267. The lowest BCUT2D eigenvalue weighted by molar-refractivity contribution is 0.0745. The Morgan fingerprint density at radius 2 is 1.68 bits per heavy atom. The number of fused-ring (bicyclic) bond motifs is 1. The number of aromatic hydroxyl groups is 1. The minimum Gasteiger partial charge on any atom is -0.507 e. The quantitative estimate of drug-likeness (QED) is 0.336. The van der Waals surface area contributed by atoms with E-state index in [1.54, 1.807) is 21.3 Å². The normalized spacial score (nSPS) is 14.5. The Bertz CT molecular complexity index is 1490. The SMILES string of the molecule is COc1ccc(CCN2C(=O)c3[nH]nc(-c4cc(C)cc(C)c4O)c3C2c2ccc(OC)c(OC)c2)cc1. The molecule has 1 atom stereocenters. The van der Waals surface area contributed by atoms with Crippen LogP contribution in [0.5, 0.6) is 23.0 Å². The number of hydrogen-bond donors (Lipinski definition) is 2. The smallest absolute Gasteiger partial charge is 0.273 e. The van der Waals surface area contributed by atoms with E-state index >= 15 is 0 Å². The Morgan fingerprint density at radius 1 is 0.947 bits per heavy atom. The number of aryl methyl sites for hydroxylation is 2. The van der Waals surface area contributed by atoms with E-state index in [0.717, 1.165) is 33.6 Å². The van der Waals surface area contributed by atoms with Gasteiger partial charge in [-0.05, 0) is 72.9 Å². The zero-order valence-electron chi connectivity index (χ0n) is 22.2. The molecule has 8 nitrogen and oxygen atoms in total. The number of methoxy groups -OCH3 is 3. The highest BCUT2D eigenvalue weighted by atomic mass is 16.5. The molecule has 0 aliphatic carbocycles. The summed E-state index contributed by atoms with van der Waals surface area (Å²) < 4.78 is 16.3. The van der Waals surface area contributed by atoms with Gasteiger partial charge in [0.15, 0.2) is 11.5 Å². The molecule has 196 valence electrons. The Balaban J connectivity index is 1.61. The van der Waals surface area contributed by atoms with Crippen molar-refractivity contribution in [1.82, 2.24) is 15.1 Å². The molecule has 1 unspecified atom stereocenters. The topological polar surface area (TPSA) is 96.9 Å². The number of phenols is 1. The van der Waals surface area contributed by atoms with Crippen LogP contribution in [0.15, 0.2) is 54.6 Å². The highest BCUT2D eigenvalue weighted by Gasteiger charge is 2.42. The van der Waals surface area contributed by atoms with Gasteiger partial charge in [-0.2, -0.15) is 5.10 Å². The van der Waals surface area contributed by atoms with Gasteiger partial charge < -0.3 is 24.2 Å². The zero-order chi connectivity index (χ0) is 27.0. The Labute approximate surface area is 221 Å². The first-order valence-corrected chi connectivity index (χ1v) is 12.4. The molecule has 0 saturated heterocycles. The number of carbonyl (C=O) groups excluding carboxylic acids is 1. The van der Waals surface area contributed by atoms with Crippen molar-refractivity contribution in [1.29, 1.82) is 0 Å². The molecule has 8 heteroatoms. The summed E-state index contributed by atoms with van der Waals surface area (Å²) in [4.78, 5) is 15.6. The van der Waals surface area contributed by atoms with Crippen molar-refractivity contribution < 1.29 is 24.1 Å². The molecule has 1 aliphatic heterocycles. The van der Waals surface area contributed by atoms with Crippen molar-refractivity contribution in [2.24, 2.45) is 0 Å². The number of hydrogen-bond acceptors (Lipinski definition) is 6. The van der Waals surface area contributed by atoms with Gasteiger partial charge in [0.25, 0.3) is 5.91 Å². The molecule has 4 aromatic rings. The van der Waals surface area contributed by atoms with Gasteiger partial charge in [-0.1, -0.05) is 24.3 Å². The molecule has 38 heavy (non-hydrogen) atoms. The minimum absolute atomic E-state index is 0.143. The molecule has 2 heterocycles. The minimum atomic E-state index is -0.440. The van der Waals surface area contributed by atoms with Gasteiger partial charge in [-0.3, -0.25) is 9.89 Å². The third-order valence-electron chi connectivity index (χ3n) is 7.09. The molecule has 2 N–H and O–H groups in total. The number of phenolic OH excluding ortho intramolecular Hbond substituents is 1. The summed E-state index contributed by atoms with van der Waals surface area (Å²) in [5, 5.41) is 18.5. The van der Waals surface area contributed by atoms with Gasteiger partial charge in [-0.25, -0.2) is 0 Å². The first-order chi connectivity index (χ1) is 18.4. The van der Waals surface area contributed by atoms with Crippen LogP contribution in [0.25, 0.3) is 11.3 Å². The lowest BCUT2D eigenvalue weighted by Crippen LogP contribution is -2.31. The molecule has 0 bridgehead atoms. The molecule has 0 radical (unpaired) electrons. The van der Waals surface area contributed by atoms with Crippen molar-refractivity contribution in [2.75, 3.05) is 27.9 Å². The monoisotopic (exact) mass is 513 g/mol. The predicted molar refractivity (Wildman–Crippen MR) is 144 cm³/mol. The molecular formula is C30H31N3O5. The molecule has 1 aromatic heterocycles. The third kappa shape index (κ3) is 4.32. The van der Waals surface area contributed by atoms with E-state index in [9.17, 15) is 9.90 Å². The van der Waals surface area contributed by atoms with Gasteiger partial charge in [0, 0.05) is 17.7 Å². The third-order valence-corrected chi connectivity index (χ3v) is 7.09. The number of H-pyrrole nitrogens is 1. The Morgan fingerprint density at radius 3 is 2.37 bits per heavy atom. The summed E-state index contributed by atoms with van der Waals surface area (Å²) in [5.74, 6) is 1.97. The average molecular weight is 514 g/mol. The Hall–Kier alpha value is -4.46. The largest absolute Gasteiger partial charge is 0.507 e. The van der Waals surface area contributed by atoms with Crippen LogP contribution >= 0.6 is 0 Å². The maximum atomic E-state index is 13.8. The molecule has 0 fully saturated rings. The van der Waals surface area contributed by atoms with E-state index in [1.165, 1.54) is 0 Å². The average Bonchev–Trinajstić information content (AvgIpc) is 3.47. The maximum absolute atomic E-state index is 13.8. The van der Waals surface area contributed by atoms with Crippen molar-refractivity contribution in [3.8, 4) is 34.3 Å². The summed E-state index contributed by atoms with van der Waals surface area (Å²) >= 11 is 0. The number of aromatic amines is 1. The molecule has 0 saturated carbocycles. The molecule has 1 amide bonds. The van der Waals surface area contributed by atoms with Gasteiger partial charge in [-0.15, -0.1) is 0 Å². The number of amides is 1. The van der Waals surface area contributed by atoms with E-state index in [-0.39, 0.29) is 11.7 Å². The maximum Gasteiger partial charge on any atom is 0.273 e. The van der Waals surface area contributed by atoms with Crippen LogP contribution in [0.3, 0.4) is 0 Å². The number of ether oxygens (including phenoxy) is 3. The van der Waals surface area contributed by atoms with Gasteiger partial charge in [0.1, 0.15) is 22.9 Å².